The molecule has 0 aliphatic heterocycles. The van der Waals surface area contributed by atoms with Crippen LogP contribution in [0, 0.1) is 6.92 Å². The Morgan fingerprint density at radius 2 is 2.12 bits per heavy atom. The van der Waals surface area contributed by atoms with Crippen LogP contribution in [0.1, 0.15) is 43.9 Å². The lowest BCUT2D eigenvalue weighted by molar-refractivity contribution is 0.131. The number of oxazole rings is 1. The van der Waals surface area contributed by atoms with Gasteiger partial charge in [0.2, 0.25) is 5.89 Å². The number of carbonyl (C=O) groups is 1. The number of nitrogens with one attached hydrogen (secondary N) is 2. The van der Waals surface area contributed by atoms with E-state index in [1.54, 1.807) is 6.20 Å². The van der Waals surface area contributed by atoms with Crippen LogP contribution in [0.25, 0.3) is 10.9 Å². The van der Waals surface area contributed by atoms with Gasteiger partial charge in [0.05, 0.1) is 12.1 Å². The molecule has 0 spiro atoms. The largest absolute Gasteiger partial charge is 0.448 e. The zero-order valence-corrected chi connectivity index (χ0v) is 14.9. The third-order valence-electron chi connectivity index (χ3n) is 3.79. The molecule has 2 aromatic heterocycles. The maximum absolute atomic E-state index is 12.0. The lowest BCUT2D eigenvalue weighted by Gasteiger charge is -2.21. The number of aromatic nitrogens is 2. The molecule has 3 aromatic rings. The van der Waals surface area contributed by atoms with Gasteiger partial charge in [-0.3, -0.25) is 0 Å². The number of aryl methyl sites for hydroxylation is 1. The number of carbonyl (C=O) groups excluding carboxylic acids is 1. The van der Waals surface area contributed by atoms with Crippen LogP contribution in [0.2, 0.25) is 0 Å². The minimum Gasteiger partial charge on any atom is -0.448 e. The van der Waals surface area contributed by atoms with Gasteiger partial charge in [0.25, 0.3) is 0 Å². The summed E-state index contributed by atoms with van der Waals surface area (Å²) in [5.74, 6) is 0.973. The summed E-state index contributed by atoms with van der Waals surface area (Å²) in [4.78, 5) is 19.6. The van der Waals surface area contributed by atoms with Crippen LogP contribution in [0.15, 0.2) is 41.1 Å². The van der Waals surface area contributed by atoms with Gasteiger partial charge in [0.15, 0.2) is 0 Å². The second-order valence-corrected chi connectivity index (χ2v) is 7.12. The molecule has 6 heteroatoms. The second kappa shape index (κ2) is 6.63. The minimum atomic E-state index is -0.458. The van der Waals surface area contributed by atoms with Gasteiger partial charge in [-0.15, -0.1) is 0 Å². The lowest BCUT2D eigenvalue weighted by atomic mass is 9.99. The number of alkyl carbamates (subject to hydrolysis) is 1. The van der Waals surface area contributed by atoms with Crippen LogP contribution in [0.3, 0.4) is 0 Å². The molecule has 0 fully saturated rings. The van der Waals surface area contributed by atoms with Crippen molar-refractivity contribution in [1.29, 1.82) is 0 Å². The highest BCUT2D eigenvalue weighted by Crippen LogP contribution is 2.31. The Labute approximate surface area is 146 Å². The maximum Gasteiger partial charge on any atom is 0.407 e. The van der Waals surface area contributed by atoms with Crippen molar-refractivity contribution >= 4 is 17.0 Å². The maximum atomic E-state index is 12.0. The van der Waals surface area contributed by atoms with Gasteiger partial charge in [-0.2, -0.15) is 0 Å². The number of para-hydroxylation sites is 1. The fourth-order valence-corrected chi connectivity index (χ4v) is 2.71. The van der Waals surface area contributed by atoms with Gasteiger partial charge in [-0.1, -0.05) is 18.2 Å². The van der Waals surface area contributed by atoms with E-state index < -0.39 is 6.09 Å². The molecule has 1 aromatic carbocycles. The van der Waals surface area contributed by atoms with E-state index in [9.17, 15) is 4.79 Å². The Bertz CT molecular complexity index is 873. The van der Waals surface area contributed by atoms with Crippen LogP contribution in [-0.4, -0.2) is 28.2 Å². The van der Waals surface area contributed by atoms with E-state index in [1.165, 1.54) is 0 Å². The van der Waals surface area contributed by atoms with E-state index in [-0.39, 0.29) is 18.1 Å². The average molecular weight is 341 g/mol. The molecule has 2 heterocycles. The number of benzene rings is 1. The monoisotopic (exact) mass is 341 g/mol. The molecule has 1 amide bonds. The highest BCUT2D eigenvalue weighted by atomic mass is 16.5. The van der Waals surface area contributed by atoms with Crippen LogP contribution in [0.5, 0.6) is 0 Å². The molecule has 1 unspecified atom stereocenters. The number of H-pyrrole nitrogens is 1. The lowest BCUT2D eigenvalue weighted by Crippen LogP contribution is -2.41. The molecule has 0 aliphatic carbocycles. The molecule has 2 N–H and O–H groups in total. The van der Waals surface area contributed by atoms with Crippen molar-refractivity contribution in [3.63, 3.8) is 0 Å². The fraction of sp³-hybridized carbons (Fsp3) is 0.368. The molecule has 0 aliphatic rings. The molecular weight excluding hydrogens is 318 g/mol. The van der Waals surface area contributed by atoms with Crippen LogP contribution >= 0.6 is 0 Å². The zero-order valence-electron chi connectivity index (χ0n) is 14.9. The highest BCUT2D eigenvalue weighted by molar-refractivity contribution is 5.84. The average Bonchev–Trinajstić information content (AvgIpc) is 3.13. The predicted octanol–water partition coefficient (Wildman–Crippen LogP) is 4.12. The van der Waals surface area contributed by atoms with Crippen molar-refractivity contribution in [1.82, 2.24) is 15.3 Å². The van der Waals surface area contributed by atoms with Gasteiger partial charge in [-0.25, -0.2) is 9.78 Å². The molecule has 0 bridgehead atoms. The molecule has 0 saturated heterocycles. The van der Waals surface area contributed by atoms with Gasteiger partial charge in [0.1, 0.15) is 12.4 Å². The number of amides is 1. The van der Waals surface area contributed by atoms with Gasteiger partial charge in [-0.05, 0) is 39.3 Å². The number of hydrogen-bond acceptors (Lipinski definition) is 4. The SMILES string of the molecule is Cc1cnc(C(COC(=O)NC(C)(C)C)c2c[nH]c3ccccc23)o1. The fourth-order valence-electron chi connectivity index (χ4n) is 2.71. The van der Waals surface area contributed by atoms with Crippen molar-refractivity contribution in [2.24, 2.45) is 0 Å². The van der Waals surface area contributed by atoms with Gasteiger partial charge in [0, 0.05) is 22.6 Å². The number of hydrogen-bond donors (Lipinski definition) is 2. The molecule has 0 saturated carbocycles. The first kappa shape index (κ1) is 17.1. The molecule has 6 nitrogen and oxygen atoms in total. The van der Waals surface area contributed by atoms with E-state index in [1.807, 2.05) is 58.2 Å². The first-order valence-corrected chi connectivity index (χ1v) is 8.27. The summed E-state index contributed by atoms with van der Waals surface area (Å²) in [7, 11) is 0. The Balaban J connectivity index is 1.87. The van der Waals surface area contributed by atoms with E-state index in [2.05, 4.69) is 15.3 Å². The van der Waals surface area contributed by atoms with Crippen LogP contribution in [-0.2, 0) is 4.74 Å². The number of ether oxygens (including phenoxy) is 1. The van der Waals surface area contributed by atoms with E-state index in [0.29, 0.717) is 5.89 Å². The Hall–Kier alpha value is -2.76. The Morgan fingerprint density at radius 3 is 2.80 bits per heavy atom. The Morgan fingerprint density at radius 1 is 1.36 bits per heavy atom. The van der Waals surface area contributed by atoms with Gasteiger partial charge < -0.3 is 19.5 Å². The minimum absolute atomic E-state index is 0.143. The third kappa shape index (κ3) is 4.02. The molecule has 3 rings (SSSR count). The quantitative estimate of drug-likeness (QED) is 0.748. The molecular formula is C19H23N3O3. The first-order valence-electron chi connectivity index (χ1n) is 8.27. The van der Waals surface area contributed by atoms with Crippen molar-refractivity contribution in [2.45, 2.75) is 39.2 Å². The first-order chi connectivity index (χ1) is 11.8. The van der Waals surface area contributed by atoms with Crippen molar-refractivity contribution < 1.29 is 13.9 Å². The number of nitrogens with zero attached hydrogens (tertiary/aromatic N) is 1. The summed E-state index contributed by atoms with van der Waals surface area (Å²) in [6.45, 7) is 7.70. The van der Waals surface area contributed by atoms with Crippen molar-refractivity contribution in [3.8, 4) is 0 Å². The summed E-state index contributed by atoms with van der Waals surface area (Å²) >= 11 is 0. The molecule has 25 heavy (non-hydrogen) atoms. The van der Waals surface area contributed by atoms with E-state index in [0.717, 1.165) is 22.2 Å². The Kier molecular flexibility index (Phi) is 4.53. The summed E-state index contributed by atoms with van der Waals surface area (Å²) < 4.78 is 11.2. The summed E-state index contributed by atoms with van der Waals surface area (Å²) in [6.07, 6.45) is 3.13. The third-order valence-corrected chi connectivity index (χ3v) is 3.79. The van der Waals surface area contributed by atoms with Crippen LogP contribution < -0.4 is 5.32 Å². The van der Waals surface area contributed by atoms with E-state index in [4.69, 9.17) is 9.15 Å². The molecule has 1 atom stereocenters. The number of aromatic amines is 1. The van der Waals surface area contributed by atoms with Crippen molar-refractivity contribution in [2.75, 3.05) is 6.61 Å². The predicted molar refractivity (Wildman–Crippen MR) is 95.6 cm³/mol. The highest BCUT2D eigenvalue weighted by Gasteiger charge is 2.25. The zero-order chi connectivity index (χ0) is 18.0. The number of rotatable bonds is 4. The standard InChI is InChI=1S/C19H23N3O3/c1-12-9-21-17(25-12)15(11-24-18(23)22-19(2,3)4)14-10-20-16-8-6-5-7-13(14)16/h5-10,15,20H,11H2,1-4H3,(H,22,23). The molecule has 132 valence electrons. The summed E-state index contributed by atoms with van der Waals surface area (Å²) in [5, 5.41) is 3.85. The van der Waals surface area contributed by atoms with E-state index >= 15 is 0 Å². The smallest absolute Gasteiger partial charge is 0.407 e. The van der Waals surface area contributed by atoms with Gasteiger partial charge >= 0.3 is 6.09 Å². The second-order valence-electron chi connectivity index (χ2n) is 7.12. The summed E-state index contributed by atoms with van der Waals surface area (Å²) in [6, 6.07) is 7.98. The summed E-state index contributed by atoms with van der Waals surface area (Å²) in [5.41, 5.74) is 1.65. The normalized spacial score (nSPS) is 13.0. The number of fused-ring (bicyclic) bond motifs is 1. The topological polar surface area (TPSA) is 80.1 Å². The van der Waals surface area contributed by atoms with Crippen LogP contribution in [0.4, 0.5) is 4.79 Å². The molecule has 0 radical (unpaired) electrons. The van der Waals surface area contributed by atoms with Crippen molar-refractivity contribution in [3.05, 3.63) is 53.9 Å².